The molecule has 10 heteroatoms. The summed E-state index contributed by atoms with van der Waals surface area (Å²) in [5.41, 5.74) is 0. The smallest absolute Gasteiger partial charge is 0.349 e. The molecule has 1 aromatic heterocycles. The summed E-state index contributed by atoms with van der Waals surface area (Å²) in [7, 11) is 0. The fraction of sp³-hybridized carbons (Fsp3) is 0.812. The molecule has 1 aromatic rings. The van der Waals surface area contributed by atoms with Gasteiger partial charge in [-0.2, -0.15) is 26.3 Å². The lowest BCUT2D eigenvalue weighted by atomic mass is 9.77. The highest BCUT2D eigenvalue weighted by atomic mass is 32.1. The Morgan fingerprint density at radius 3 is 2.04 bits per heavy atom. The fourth-order valence-electron chi connectivity index (χ4n) is 3.28. The van der Waals surface area contributed by atoms with Crippen LogP contribution in [0.3, 0.4) is 0 Å². The van der Waals surface area contributed by atoms with E-state index >= 15 is 0 Å². The summed E-state index contributed by atoms with van der Waals surface area (Å²) in [6, 6.07) is -0.819. The summed E-state index contributed by atoms with van der Waals surface area (Å²) in [5.74, 6) is -3.85. The summed E-state index contributed by atoms with van der Waals surface area (Å²) in [6.07, 6.45) is -9.11. The lowest BCUT2D eigenvalue weighted by Gasteiger charge is -2.37. The first-order valence-electron chi connectivity index (χ1n) is 8.61. The zero-order valence-corrected chi connectivity index (χ0v) is 15.4. The molecule has 1 fully saturated rings. The number of rotatable bonds is 6. The van der Waals surface area contributed by atoms with Crippen LogP contribution in [0.5, 0.6) is 0 Å². The molecule has 3 nitrogen and oxygen atoms in total. The zero-order chi connectivity index (χ0) is 19.5. The molecule has 1 N–H and O–H groups in total. The molecule has 0 saturated heterocycles. The second-order valence-electron chi connectivity index (χ2n) is 6.54. The lowest BCUT2D eigenvalue weighted by Crippen LogP contribution is -2.45. The van der Waals surface area contributed by atoms with Crippen LogP contribution in [0.4, 0.5) is 31.5 Å². The quantitative estimate of drug-likeness (QED) is 0.679. The minimum absolute atomic E-state index is 0.221. The predicted molar refractivity (Wildman–Crippen MR) is 89.2 cm³/mol. The van der Waals surface area contributed by atoms with Crippen molar-refractivity contribution in [1.29, 1.82) is 0 Å². The molecule has 1 aliphatic rings. The molecule has 1 aliphatic carbocycles. The number of halogens is 6. The molecule has 0 unspecified atom stereocenters. The molecule has 1 heterocycles. The third-order valence-electron chi connectivity index (χ3n) is 4.77. The molecule has 0 radical (unpaired) electrons. The highest BCUT2D eigenvalue weighted by molar-refractivity contribution is 7.15. The van der Waals surface area contributed by atoms with E-state index in [1.807, 2.05) is 18.7 Å². The molecule has 0 bridgehead atoms. The van der Waals surface area contributed by atoms with Crippen LogP contribution < -0.4 is 10.2 Å². The standard InChI is InChI=1S/C16H23F6N3S/c1-3-25(4-2)14-24-9-13(26-14)8-23-12-6-10(15(17,18)19)5-11(7-12)16(20,21)22/h9-12,23H,3-8H2,1-2H3/t10-,11-/m1/s1. The highest BCUT2D eigenvalue weighted by Crippen LogP contribution is 2.45. The van der Waals surface area contributed by atoms with E-state index in [1.54, 1.807) is 6.20 Å². The Kier molecular flexibility index (Phi) is 6.81. The molecule has 2 atom stereocenters. The van der Waals surface area contributed by atoms with Crippen molar-refractivity contribution in [2.75, 3.05) is 18.0 Å². The van der Waals surface area contributed by atoms with Gasteiger partial charge in [-0.05, 0) is 33.1 Å². The van der Waals surface area contributed by atoms with E-state index < -0.39 is 36.7 Å². The maximum Gasteiger partial charge on any atom is 0.391 e. The monoisotopic (exact) mass is 403 g/mol. The van der Waals surface area contributed by atoms with Gasteiger partial charge in [0.05, 0.1) is 11.8 Å². The number of hydrogen-bond acceptors (Lipinski definition) is 4. The normalized spacial score (nSPS) is 24.7. The van der Waals surface area contributed by atoms with E-state index in [1.165, 1.54) is 11.3 Å². The van der Waals surface area contributed by atoms with Gasteiger partial charge in [-0.15, -0.1) is 11.3 Å². The molecule has 26 heavy (non-hydrogen) atoms. The van der Waals surface area contributed by atoms with Gasteiger partial charge in [0.1, 0.15) is 0 Å². The molecular formula is C16H23F6N3S. The average Bonchev–Trinajstić information content (AvgIpc) is 3.01. The van der Waals surface area contributed by atoms with Gasteiger partial charge in [-0.3, -0.25) is 0 Å². The van der Waals surface area contributed by atoms with Crippen LogP contribution in [0.1, 0.15) is 38.0 Å². The molecule has 1 saturated carbocycles. The lowest BCUT2D eigenvalue weighted by molar-refractivity contribution is -0.225. The molecular weight excluding hydrogens is 380 g/mol. The molecule has 2 rings (SSSR count). The van der Waals surface area contributed by atoms with E-state index in [2.05, 4.69) is 10.3 Å². The predicted octanol–water partition coefficient (Wildman–Crippen LogP) is 4.99. The van der Waals surface area contributed by atoms with Gasteiger partial charge in [0.15, 0.2) is 5.13 Å². The molecule has 0 spiro atoms. The summed E-state index contributed by atoms with van der Waals surface area (Å²) >= 11 is 1.40. The van der Waals surface area contributed by atoms with Crippen LogP contribution in [0, 0.1) is 11.8 Å². The maximum absolute atomic E-state index is 13.0. The summed E-state index contributed by atoms with van der Waals surface area (Å²) in [6.45, 7) is 5.75. The molecule has 0 aromatic carbocycles. The Morgan fingerprint density at radius 2 is 1.58 bits per heavy atom. The van der Waals surface area contributed by atoms with Gasteiger partial charge >= 0.3 is 12.4 Å². The van der Waals surface area contributed by atoms with E-state index in [-0.39, 0.29) is 19.4 Å². The topological polar surface area (TPSA) is 28.2 Å². The number of anilines is 1. The number of nitrogens with one attached hydrogen (secondary N) is 1. The van der Waals surface area contributed by atoms with Crippen LogP contribution in [-0.2, 0) is 6.54 Å². The van der Waals surface area contributed by atoms with Crippen LogP contribution in [-0.4, -0.2) is 36.5 Å². The van der Waals surface area contributed by atoms with Crippen molar-refractivity contribution in [3.05, 3.63) is 11.1 Å². The van der Waals surface area contributed by atoms with Crippen LogP contribution in [0.25, 0.3) is 0 Å². The first-order valence-corrected chi connectivity index (χ1v) is 9.42. The second-order valence-corrected chi connectivity index (χ2v) is 7.64. The minimum atomic E-state index is -4.61. The molecule has 0 amide bonds. The molecule has 0 aliphatic heterocycles. The van der Waals surface area contributed by atoms with Gasteiger partial charge in [-0.1, -0.05) is 0 Å². The fourth-order valence-corrected chi connectivity index (χ4v) is 4.27. The first-order chi connectivity index (χ1) is 12.0. The number of thiazole rings is 1. The number of aromatic nitrogens is 1. The van der Waals surface area contributed by atoms with Gasteiger partial charge in [-0.25, -0.2) is 4.98 Å². The van der Waals surface area contributed by atoms with E-state index in [9.17, 15) is 26.3 Å². The number of alkyl halides is 6. The third-order valence-corrected chi connectivity index (χ3v) is 5.83. The maximum atomic E-state index is 13.0. The highest BCUT2D eigenvalue weighted by Gasteiger charge is 2.51. The van der Waals surface area contributed by atoms with E-state index in [0.717, 1.165) is 23.1 Å². The van der Waals surface area contributed by atoms with Crippen molar-refractivity contribution in [1.82, 2.24) is 10.3 Å². The Hall–Kier alpha value is -1.03. The van der Waals surface area contributed by atoms with Crippen molar-refractivity contribution < 1.29 is 26.3 Å². The average molecular weight is 403 g/mol. The van der Waals surface area contributed by atoms with Crippen LogP contribution >= 0.6 is 11.3 Å². The van der Waals surface area contributed by atoms with Crippen molar-refractivity contribution >= 4 is 16.5 Å². The Balaban J connectivity index is 2.01. The summed E-state index contributed by atoms with van der Waals surface area (Å²) in [4.78, 5) is 7.11. The van der Waals surface area contributed by atoms with Gasteiger partial charge in [0.25, 0.3) is 0 Å². The largest absolute Gasteiger partial charge is 0.391 e. The summed E-state index contributed by atoms with van der Waals surface area (Å²) in [5, 5.41) is 3.68. The van der Waals surface area contributed by atoms with Crippen molar-refractivity contribution in [2.24, 2.45) is 11.8 Å². The number of hydrogen-bond donors (Lipinski definition) is 1. The van der Waals surface area contributed by atoms with Crippen LogP contribution in [0.2, 0.25) is 0 Å². The minimum Gasteiger partial charge on any atom is -0.349 e. The van der Waals surface area contributed by atoms with Gasteiger partial charge in [0, 0.05) is 36.8 Å². The van der Waals surface area contributed by atoms with Gasteiger partial charge < -0.3 is 10.2 Å². The summed E-state index contributed by atoms with van der Waals surface area (Å²) < 4.78 is 78.0. The van der Waals surface area contributed by atoms with E-state index in [4.69, 9.17) is 0 Å². The Morgan fingerprint density at radius 1 is 1.04 bits per heavy atom. The Bertz CT molecular complexity index is 545. The first kappa shape index (κ1) is 21.3. The molecule has 150 valence electrons. The van der Waals surface area contributed by atoms with Crippen LogP contribution in [0.15, 0.2) is 6.20 Å². The van der Waals surface area contributed by atoms with Crippen molar-refractivity contribution in [3.63, 3.8) is 0 Å². The van der Waals surface area contributed by atoms with Crippen molar-refractivity contribution in [3.8, 4) is 0 Å². The second kappa shape index (κ2) is 8.33. The van der Waals surface area contributed by atoms with Gasteiger partial charge in [0.2, 0.25) is 0 Å². The Labute approximate surface area is 152 Å². The third kappa shape index (κ3) is 5.48. The number of nitrogens with zero attached hydrogens (tertiary/aromatic N) is 2. The van der Waals surface area contributed by atoms with E-state index in [0.29, 0.717) is 0 Å². The zero-order valence-electron chi connectivity index (χ0n) is 14.6. The SMILES string of the molecule is CCN(CC)c1ncc(CNC2C[C@H](C(F)(F)F)C[C@@H](C(F)(F)F)C2)s1. The van der Waals surface area contributed by atoms with Crippen molar-refractivity contribution in [2.45, 2.75) is 58.0 Å².